The fraction of sp³-hybridized carbons (Fsp3) is 0.333. The van der Waals surface area contributed by atoms with E-state index in [1.807, 2.05) is 43.0 Å². The normalized spacial score (nSPS) is 17.3. The molecule has 0 bridgehead atoms. The molecular formula is C30H32ClN3O. The van der Waals surface area contributed by atoms with E-state index in [0.29, 0.717) is 12.1 Å². The van der Waals surface area contributed by atoms with Crippen LogP contribution in [0.1, 0.15) is 51.3 Å². The molecule has 2 aliphatic rings. The second-order valence-corrected chi connectivity index (χ2v) is 10.5. The molecule has 2 aromatic carbocycles. The lowest BCUT2D eigenvalue weighted by Crippen LogP contribution is -2.46. The van der Waals surface area contributed by atoms with Crippen LogP contribution in [-0.4, -0.2) is 42.0 Å². The van der Waals surface area contributed by atoms with Crippen molar-refractivity contribution in [3.63, 3.8) is 0 Å². The van der Waals surface area contributed by atoms with Gasteiger partial charge in [0.1, 0.15) is 0 Å². The molecule has 1 saturated heterocycles. The quantitative estimate of drug-likeness (QED) is 0.431. The summed E-state index contributed by atoms with van der Waals surface area (Å²) < 4.78 is 0. The van der Waals surface area contributed by atoms with Crippen molar-refractivity contribution < 1.29 is 4.79 Å². The summed E-state index contributed by atoms with van der Waals surface area (Å²) in [4.78, 5) is 22.5. The number of halogens is 1. The average Bonchev–Trinajstić information content (AvgIpc) is 3.14. The van der Waals surface area contributed by atoms with Crippen molar-refractivity contribution in [1.82, 2.24) is 9.88 Å². The molecule has 0 atom stereocenters. The number of amides is 1. The molecule has 4 nitrogen and oxygen atoms in total. The van der Waals surface area contributed by atoms with Crippen LogP contribution in [0.15, 0.2) is 60.7 Å². The van der Waals surface area contributed by atoms with E-state index >= 15 is 0 Å². The Hall–Kier alpha value is -2.95. The standard InChI is InChI=1S/C30H32ClN3O/c1-21-6-8-24(9-7-21)5-4-14-33-15-12-30(13-16-33)20-34(28-11-10-26(31)19-27(28)30)29(35)25-17-22(2)32-23(3)18-25/h4-11,17-19H,12-16,20H2,1-3H3. The van der Waals surface area contributed by atoms with E-state index < -0.39 is 0 Å². The number of benzene rings is 2. The lowest BCUT2D eigenvalue weighted by Gasteiger charge is -2.39. The summed E-state index contributed by atoms with van der Waals surface area (Å²) >= 11 is 6.45. The smallest absolute Gasteiger partial charge is 0.258 e. The Morgan fingerprint density at radius 3 is 2.37 bits per heavy atom. The highest BCUT2D eigenvalue weighted by molar-refractivity contribution is 6.30. The van der Waals surface area contributed by atoms with Gasteiger partial charge in [-0.15, -0.1) is 0 Å². The molecule has 5 heteroatoms. The molecule has 0 N–H and O–H groups in total. The van der Waals surface area contributed by atoms with Gasteiger partial charge in [0.15, 0.2) is 0 Å². The number of carbonyl (C=O) groups is 1. The lowest BCUT2D eigenvalue weighted by molar-refractivity contribution is 0.0977. The summed E-state index contributed by atoms with van der Waals surface area (Å²) in [6.45, 7) is 9.62. The molecule has 5 rings (SSSR count). The summed E-state index contributed by atoms with van der Waals surface area (Å²) in [7, 11) is 0. The Morgan fingerprint density at radius 2 is 1.69 bits per heavy atom. The first-order valence-electron chi connectivity index (χ1n) is 12.4. The SMILES string of the molecule is Cc1ccc(C=CCN2CCC3(CC2)CN(C(=O)c2cc(C)nc(C)c2)c2ccc(Cl)cc23)cc1. The first-order chi connectivity index (χ1) is 16.8. The van der Waals surface area contributed by atoms with E-state index in [0.717, 1.165) is 54.6 Å². The first-order valence-corrected chi connectivity index (χ1v) is 12.7. The minimum atomic E-state index is -0.0514. The Morgan fingerprint density at radius 1 is 1.00 bits per heavy atom. The Labute approximate surface area is 213 Å². The van der Waals surface area contributed by atoms with Crippen LogP contribution in [0, 0.1) is 20.8 Å². The van der Waals surface area contributed by atoms with Gasteiger partial charge in [-0.05, 0) is 88.2 Å². The fourth-order valence-corrected chi connectivity index (χ4v) is 5.72. The average molecular weight is 486 g/mol. The summed E-state index contributed by atoms with van der Waals surface area (Å²) in [5, 5.41) is 0.733. The van der Waals surface area contributed by atoms with Crippen molar-refractivity contribution in [2.75, 3.05) is 31.1 Å². The van der Waals surface area contributed by atoms with Gasteiger partial charge >= 0.3 is 0 Å². The number of fused-ring (bicyclic) bond motifs is 2. The highest BCUT2D eigenvalue weighted by Crippen LogP contribution is 2.48. The predicted molar refractivity (Wildman–Crippen MR) is 144 cm³/mol. The van der Waals surface area contributed by atoms with Crippen LogP contribution in [0.3, 0.4) is 0 Å². The van der Waals surface area contributed by atoms with Crippen molar-refractivity contribution in [2.24, 2.45) is 0 Å². The second kappa shape index (κ2) is 9.60. The largest absolute Gasteiger partial charge is 0.307 e. The van der Waals surface area contributed by atoms with Crippen LogP contribution in [0.5, 0.6) is 0 Å². The zero-order valence-corrected chi connectivity index (χ0v) is 21.5. The maximum atomic E-state index is 13.6. The van der Waals surface area contributed by atoms with Gasteiger partial charge in [-0.25, -0.2) is 0 Å². The van der Waals surface area contributed by atoms with Gasteiger partial charge in [-0.3, -0.25) is 14.7 Å². The molecule has 0 radical (unpaired) electrons. The predicted octanol–water partition coefficient (Wildman–Crippen LogP) is 6.37. The molecule has 0 aliphatic carbocycles. The number of likely N-dealkylation sites (tertiary alicyclic amines) is 1. The highest BCUT2D eigenvalue weighted by Gasteiger charge is 2.46. The van der Waals surface area contributed by atoms with Gasteiger partial charge in [-0.2, -0.15) is 0 Å². The third-order valence-corrected chi connectivity index (χ3v) is 7.65. The molecule has 3 aromatic rings. The molecule has 1 aromatic heterocycles. The maximum Gasteiger partial charge on any atom is 0.258 e. The van der Waals surface area contributed by atoms with Gasteiger partial charge in [0, 0.05) is 46.2 Å². The number of anilines is 1. The van der Waals surface area contributed by atoms with Crippen molar-refractivity contribution in [3.8, 4) is 0 Å². The Kier molecular flexibility index (Phi) is 6.52. The molecular weight excluding hydrogens is 454 g/mol. The molecule has 0 saturated carbocycles. The molecule has 1 fully saturated rings. The molecule has 2 aliphatic heterocycles. The molecule has 35 heavy (non-hydrogen) atoms. The molecule has 1 spiro atoms. The number of hydrogen-bond donors (Lipinski definition) is 0. The molecule has 0 unspecified atom stereocenters. The molecule has 1 amide bonds. The lowest BCUT2D eigenvalue weighted by atomic mass is 9.74. The second-order valence-electron chi connectivity index (χ2n) is 10.1. The zero-order valence-electron chi connectivity index (χ0n) is 20.7. The Balaban J connectivity index is 1.32. The number of hydrogen-bond acceptors (Lipinski definition) is 3. The summed E-state index contributed by atoms with van der Waals surface area (Å²) in [6, 6.07) is 18.4. The topological polar surface area (TPSA) is 36.4 Å². The fourth-order valence-electron chi connectivity index (χ4n) is 5.54. The summed E-state index contributed by atoms with van der Waals surface area (Å²) in [5.74, 6) is 0.0440. The maximum absolute atomic E-state index is 13.6. The van der Waals surface area contributed by atoms with Crippen LogP contribution in [0.4, 0.5) is 5.69 Å². The Bertz CT molecular complexity index is 1250. The van der Waals surface area contributed by atoms with Gasteiger partial charge < -0.3 is 4.90 Å². The van der Waals surface area contributed by atoms with E-state index in [9.17, 15) is 4.79 Å². The van der Waals surface area contributed by atoms with Crippen molar-refractivity contribution in [3.05, 3.63) is 99.3 Å². The van der Waals surface area contributed by atoms with E-state index in [4.69, 9.17) is 11.6 Å². The van der Waals surface area contributed by atoms with Gasteiger partial charge in [-0.1, -0.05) is 53.6 Å². The summed E-state index contributed by atoms with van der Waals surface area (Å²) in [6.07, 6.45) is 6.48. The minimum Gasteiger partial charge on any atom is -0.307 e. The van der Waals surface area contributed by atoms with Crippen LogP contribution in [0.2, 0.25) is 5.02 Å². The van der Waals surface area contributed by atoms with Crippen LogP contribution in [-0.2, 0) is 5.41 Å². The number of nitrogens with zero attached hydrogens (tertiary/aromatic N) is 3. The number of aromatic nitrogens is 1. The number of piperidine rings is 1. The monoisotopic (exact) mass is 485 g/mol. The minimum absolute atomic E-state index is 0.0440. The van der Waals surface area contributed by atoms with E-state index in [1.54, 1.807) is 0 Å². The van der Waals surface area contributed by atoms with E-state index in [1.165, 1.54) is 16.7 Å². The van der Waals surface area contributed by atoms with Crippen molar-refractivity contribution in [2.45, 2.75) is 39.0 Å². The molecule has 180 valence electrons. The molecule has 3 heterocycles. The summed E-state index contributed by atoms with van der Waals surface area (Å²) in [5.41, 5.74) is 7.11. The highest BCUT2D eigenvalue weighted by atomic mass is 35.5. The number of pyridine rings is 1. The van der Waals surface area contributed by atoms with Gasteiger partial charge in [0.05, 0.1) is 0 Å². The zero-order chi connectivity index (χ0) is 24.6. The third-order valence-electron chi connectivity index (χ3n) is 7.42. The van der Waals surface area contributed by atoms with Crippen LogP contribution >= 0.6 is 11.6 Å². The van der Waals surface area contributed by atoms with Crippen molar-refractivity contribution >= 4 is 29.3 Å². The van der Waals surface area contributed by atoms with E-state index in [-0.39, 0.29) is 11.3 Å². The first kappa shape index (κ1) is 23.8. The van der Waals surface area contributed by atoms with Crippen LogP contribution in [0.25, 0.3) is 6.08 Å². The van der Waals surface area contributed by atoms with E-state index in [2.05, 4.69) is 59.3 Å². The van der Waals surface area contributed by atoms with Gasteiger partial charge in [0.25, 0.3) is 5.91 Å². The van der Waals surface area contributed by atoms with Crippen LogP contribution < -0.4 is 4.90 Å². The van der Waals surface area contributed by atoms with Gasteiger partial charge in [0.2, 0.25) is 0 Å². The number of aryl methyl sites for hydroxylation is 3. The third kappa shape index (κ3) is 4.91. The van der Waals surface area contributed by atoms with Crippen molar-refractivity contribution in [1.29, 1.82) is 0 Å². The number of carbonyl (C=O) groups excluding carboxylic acids is 1. The number of rotatable bonds is 4.